The minimum absolute atomic E-state index is 0.0999. The van der Waals surface area contributed by atoms with E-state index in [-0.39, 0.29) is 17.9 Å². The standard InChI is InChI=1S/C31H36ClN5O2/c1-21-28(34-20-33-21)19-36-14-10-31(11-15-36)12-16-37(17-13-31)30(39)23-7-6-22-8-9-27(25(22)18-23)35-29(38)24-4-2-3-5-26(24)32/h2-7,18,20,27H,8-17,19H2,1H3,(H,33,34)(H,35,38). The lowest BCUT2D eigenvalue weighted by atomic mass is 9.71. The number of carbonyl (C=O) groups is 2. The number of rotatable bonds is 5. The van der Waals surface area contributed by atoms with Gasteiger partial charge in [0.15, 0.2) is 0 Å². The molecule has 1 aromatic heterocycles. The summed E-state index contributed by atoms with van der Waals surface area (Å²) in [5.74, 6) is -0.0786. The first-order chi connectivity index (χ1) is 18.9. The third-order valence-corrected chi connectivity index (χ3v) is 9.57. The van der Waals surface area contributed by atoms with Crippen LogP contribution in [0.5, 0.6) is 0 Å². The van der Waals surface area contributed by atoms with E-state index in [1.807, 2.05) is 29.2 Å². The zero-order valence-electron chi connectivity index (χ0n) is 22.5. The third kappa shape index (κ3) is 5.35. The number of likely N-dealkylation sites (tertiary alicyclic amines) is 2. The van der Waals surface area contributed by atoms with Crippen LogP contribution in [-0.4, -0.2) is 57.8 Å². The number of H-pyrrole nitrogens is 1. The monoisotopic (exact) mass is 545 g/mol. The molecule has 1 spiro atoms. The van der Waals surface area contributed by atoms with E-state index in [1.54, 1.807) is 18.5 Å². The van der Waals surface area contributed by atoms with Crippen molar-refractivity contribution in [3.63, 3.8) is 0 Å². The van der Waals surface area contributed by atoms with Crippen molar-refractivity contribution in [3.8, 4) is 0 Å². The summed E-state index contributed by atoms with van der Waals surface area (Å²) in [7, 11) is 0. The van der Waals surface area contributed by atoms with E-state index in [4.69, 9.17) is 11.6 Å². The molecule has 8 heteroatoms. The Morgan fingerprint density at radius 3 is 2.54 bits per heavy atom. The van der Waals surface area contributed by atoms with Gasteiger partial charge in [-0.25, -0.2) is 4.98 Å². The van der Waals surface area contributed by atoms with Gasteiger partial charge < -0.3 is 15.2 Å². The van der Waals surface area contributed by atoms with E-state index < -0.39 is 0 Å². The number of nitrogens with zero attached hydrogens (tertiary/aromatic N) is 3. The molecule has 2 aromatic carbocycles. The minimum atomic E-state index is -0.178. The molecule has 2 aliphatic heterocycles. The average Bonchev–Trinajstić information content (AvgIpc) is 3.55. The molecule has 0 bridgehead atoms. The fourth-order valence-electron chi connectivity index (χ4n) is 6.59. The van der Waals surface area contributed by atoms with Crippen molar-refractivity contribution in [1.82, 2.24) is 25.1 Å². The number of hydrogen-bond donors (Lipinski definition) is 2. The van der Waals surface area contributed by atoms with E-state index in [0.29, 0.717) is 21.6 Å². The maximum Gasteiger partial charge on any atom is 0.253 e. The van der Waals surface area contributed by atoms with Crippen LogP contribution >= 0.6 is 11.6 Å². The van der Waals surface area contributed by atoms with Gasteiger partial charge in [0, 0.05) is 25.2 Å². The molecular weight excluding hydrogens is 510 g/mol. The predicted octanol–water partition coefficient (Wildman–Crippen LogP) is 5.31. The highest BCUT2D eigenvalue weighted by molar-refractivity contribution is 6.33. The van der Waals surface area contributed by atoms with Crippen molar-refractivity contribution in [3.05, 3.63) is 87.5 Å². The van der Waals surface area contributed by atoms with Crippen molar-refractivity contribution < 1.29 is 9.59 Å². The molecule has 1 aliphatic carbocycles. The van der Waals surface area contributed by atoms with Crippen LogP contribution in [0.4, 0.5) is 0 Å². The number of aromatic nitrogens is 2. The Morgan fingerprint density at radius 1 is 1.08 bits per heavy atom. The Labute approximate surface area is 234 Å². The van der Waals surface area contributed by atoms with E-state index in [2.05, 4.69) is 33.2 Å². The van der Waals surface area contributed by atoms with Crippen LogP contribution in [-0.2, 0) is 13.0 Å². The number of piperidine rings is 2. The van der Waals surface area contributed by atoms with Gasteiger partial charge in [0.25, 0.3) is 11.8 Å². The first-order valence-corrected chi connectivity index (χ1v) is 14.5. The highest BCUT2D eigenvalue weighted by Gasteiger charge is 2.39. The second-order valence-electron chi connectivity index (χ2n) is 11.5. The zero-order valence-corrected chi connectivity index (χ0v) is 23.3. The molecule has 0 saturated carbocycles. The van der Waals surface area contributed by atoms with E-state index in [0.717, 1.165) is 69.7 Å². The normalized spacial score (nSPS) is 20.7. The van der Waals surface area contributed by atoms with E-state index in [9.17, 15) is 9.59 Å². The van der Waals surface area contributed by atoms with Crippen molar-refractivity contribution in [2.24, 2.45) is 5.41 Å². The molecule has 3 aliphatic rings. The second kappa shape index (κ2) is 10.8. The lowest BCUT2D eigenvalue weighted by molar-refractivity contribution is 0.0282. The minimum Gasteiger partial charge on any atom is -0.347 e. The smallest absolute Gasteiger partial charge is 0.253 e. The fourth-order valence-corrected chi connectivity index (χ4v) is 6.81. The van der Waals surface area contributed by atoms with Gasteiger partial charge in [0.1, 0.15) is 0 Å². The van der Waals surface area contributed by atoms with Gasteiger partial charge in [-0.3, -0.25) is 14.5 Å². The molecule has 1 atom stereocenters. The lowest BCUT2D eigenvalue weighted by Gasteiger charge is -2.47. The van der Waals surface area contributed by atoms with Gasteiger partial charge in [-0.1, -0.05) is 29.8 Å². The Balaban J connectivity index is 1.06. The molecule has 7 nitrogen and oxygen atoms in total. The number of carbonyl (C=O) groups excluding carboxylic acids is 2. The van der Waals surface area contributed by atoms with Crippen molar-refractivity contribution in [1.29, 1.82) is 0 Å². The maximum atomic E-state index is 13.5. The molecule has 2 fully saturated rings. The molecule has 2 N–H and O–H groups in total. The number of hydrogen-bond acceptors (Lipinski definition) is 4. The number of benzene rings is 2. The number of amides is 2. The summed E-state index contributed by atoms with van der Waals surface area (Å²) in [6.45, 7) is 6.80. The number of aromatic amines is 1. The fraction of sp³-hybridized carbons (Fsp3) is 0.452. The van der Waals surface area contributed by atoms with Crippen LogP contribution in [0.15, 0.2) is 48.8 Å². The molecule has 6 rings (SSSR count). The molecule has 2 saturated heterocycles. The number of fused-ring (bicyclic) bond motifs is 1. The van der Waals surface area contributed by atoms with E-state index in [1.165, 1.54) is 24.1 Å². The number of aryl methyl sites for hydroxylation is 2. The molecular formula is C31H36ClN5O2. The summed E-state index contributed by atoms with van der Waals surface area (Å²) in [6.07, 6.45) is 8.00. The van der Waals surface area contributed by atoms with Crippen molar-refractivity contribution in [2.75, 3.05) is 26.2 Å². The Hall–Kier alpha value is -3.16. The van der Waals surface area contributed by atoms with Crippen LogP contribution in [0.2, 0.25) is 5.02 Å². The van der Waals surface area contributed by atoms with E-state index >= 15 is 0 Å². The topological polar surface area (TPSA) is 81.3 Å². The Morgan fingerprint density at radius 2 is 1.82 bits per heavy atom. The summed E-state index contributed by atoms with van der Waals surface area (Å²) >= 11 is 6.24. The van der Waals surface area contributed by atoms with Gasteiger partial charge in [0.05, 0.1) is 34.3 Å². The van der Waals surface area contributed by atoms with Crippen LogP contribution < -0.4 is 5.32 Å². The molecule has 3 aromatic rings. The number of halogens is 1. The lowest BCUT2D eigenvalue weighted by Crippen LogP contribution is -2.48. The van der Waals surface area contributed by atoms with Crippen LogP contribution in [0, 0.1) is 12.3 Å². The summed E-state index contributed by atoms with van der Waals surface area (Å²) < 4.78 is 0. The predicted molar refractivity (Wildman–Crippen MR) is 152 cm³/mol. The van der Waals surface area contributed by atoms with Crippen LogP contribution in [0.25, 0.3) is 0 Å². The largest absolute Gasteiger partial charge is 0.347 e. The first kappa shape index (κ1) is 26.1. The summed E-state index contributed by atoms with van der Waals surface area (Å²) in [5.41, 5.74) is 6.09. The molecule has 3 heterocycles. The maximum absolute atomic E-state index is 13.5. The quantitative estimate of drug-likeness (QED) is 0.455. The van der Waals surface area contributed by atoms with Crippen molar-refractivity contribution in [2.45, 2.75) is 58.0 Å². The van der Waals surface area contributed by atoms with Crippen molar-refractivity contribution >= 4 is 23.4 Å². The van der Waals surface area contributed by atoms with Gasteiger partial charge in [-0.15, -0.1) is 0 Å². The first-order valence-electron chi connectivity index (χ1n) is 14.1. The average molecular weight is 546 g/mol. The van der Waals surface area contributed by atoms with Gasteiger partial charge in [-0.05, 0) is 99.3 Å². The zero-order chi connectivity index (χ0) is 27.0. The van der Waals surface area contributed by atoms with Crippen LogP contribution in [0.3, 0.4) is 0 Å². The summed E-state index contributed by atoms with van der Waals surface area (Å²) in [5, 5.41) is 3.58. The van der Waals surface area contributed by atoms with Gasteiger partial charge in [0.2, 0.25) is 0 Å². The van der Waals surface area contributed by atoms with Gasteiger partial charge >= 0.3 is 0 Å². The SMILES string of the molecule is Cc1nc[nH]c1CN1CCC2(CC1)CCN(C(=O)c1ccc3c(c1)C(NC(=O)c1ccccc1Cl)CC3)CC2. The number of imidazole rings is 1. The summed E-state index contributed by atoms with van der Waals surface area (Å²) in [4.78, 5) is 38.6. The molecule has 2 amide bonds. The third-order valence-electron chi connectivity index (χ3n) is 9.24. The molecule has 1 unspecified atom stereocenters. The Bertz CT molecular complexity index is 1370. The van der Waals surface area contributed by atoms with Crippen LogP contribution in [0.1, 0.15) is 81.4 Å². The number of nitrogens with one attached hydrogen (secondary N) is 2. The highest BCUT2D eigenvalue weighted by atomic mass is 35.5. The highest BCUT2D eigenvalue weighted by Crippen LogP contribution is 2.42. The summed E-state index contributed by atoms with van der Waals surface area (Å²) in [6, 6.07) is 13.0. The molecule has 204 valence electrons. The molecule has 39 heavy (non-hydrogen) atoms. The Kier molecular flexibility index (Phi) is 7.21. The molecule has 0 radical (unpaired) electrons. The second-order valence-corrected chi connectivity index (χ2v) is 11.9. The van der Waals surface area contributed by atoms with Gasteiger partial charge in [-0.2, -0.15) is 0 Å².